The van der Waals surface area contributed by atoms with Crippen molar-refractivity contribution in [2.24, 2.45) is 0 Å². The molecule has 132 valence electrons. The van der Waals surface area contributed by atoms with Crippen LogP contribution in [0.15, 0.2) is 48.0 Å². The SMILES string of the molecule is COc1cc(/C=C(/C#N)C(=O)Nc2ccccc2I)ccc1OC(C)=O. The summed E-state index contributed by atoms with van der Waals surface area (Å²) in [5, 5.41) is 12.0. The molecule has 0 unspecified atom stereocenters. The molecule has 0 heterocycles. The number of para-hydroxylation sites is 1. The Hall–Kier alpha value is -2.86. The van der Waals surface area contributed by atoms with Crippen molar-refractivity contribution in [1.29, 1.82) is 5.26 Å². The van der Waals surface area contributed by atoms with E-state index >= 15 is 0 Å². The highest BCUT2D eigenvalue weighted by atomic mass is 127. The molecule has 2 aromatic carbocycles. The molecule has 1 amide bonds. The fourth-order valence-corrected chi connectivity index (χ4v) is 2.60. The fourth-order valence-electron chi connectivity index (χ4n) is 2.08. The average Bonchev–Trinajstić information content (AvgIpc) is 2.62. The van der Waals surface area contributed by atoms with Crippen LogP contribution in [0.25, 0.3) is 6.08 Å². The van der Waals surface area contributed by atoms with Gasteiger partial charge in [-0.25, -0.2) is 0 Å². The second-order valence-electron chi connectivity index (χ2n) is 5.11. The van der Waals surface area contributed by atoms with E-state index in [1.54, 1.807) is 30.3 Å². The zero-order valence-corrected chi connectivity index (χ0v) is 16.2. The average molecular weight is 462 g/mol. The van der Waals surface area contributed by atoms with Crippen molar-refractivity contribution in [3.05, 3.63) is 57.2 Å². The minimum atomic E-state index is -0.514. The maximum atomic E-state index is 12.4. The monoisotopic (exact) mass is 462 g/mol. The Morgan fingerprint density at radius 1 is 1.19 bits per heavy atom. The van der Waals surface area contributed by atoms with Crippen LogP contribution in [-0.4, -0.2) is 19.0 Å². The summed E-state index contributed by atoms with van der Waals surface area (Å²) in [6, 6.07) is 13.9. The Morgan fingerprint density at radius 3 is 2.54 bits per heavy atom. The van der Waals surface area contributed by atoms with Gasteiger partial charge in [0.25, 0.3) is 5.91 Å². The molecule has 0 aromatic heterocycles. The largest absolute Gasteiger partial charge is 0.493 e. The lowest BCUT2D eigenvalue weighted by atomic mass is 10.1. The van der Waals surface area contributed by atoms with E-state index in [9.17, 15) is 14.9 Å². The Kier molecular flexibility index (Phi) is 6.74. The molecule has 0 spiro atoms. The highest BCUT2D eigenvalue weighted by molar-refractivity contribution is 14.1. The van der Waals surface area contributed by atoms with Crippen LogP contribution in [0.2, 0.25) is 0 Å². The van der Waals surface area contributed by atoms with Crippen LogP contribution in [0.1, 0.15) is 12.5 Å². The number of methoxy groups -OCH3 is 1. The molecule has 0 saturated heterocycles. The number of nitrogens with zero attached hydrogens (tertiary/aromatic N) is 1. The van der Waals surface area contributed by atoms with Crippen molar-refractivity contribution in [1.82, 2.24) is 0 Å². The molecule has 0 aliphatic heterocycles. The van der Waals surface area contributed by atoms with E-state index in [4.69, 9.17) is 9.47 Å². The van der Waals surface area contributed by atoms with E-state index in [2.05, 4.69) is 27.9 Å². The van der Waals surface area contributed by atoms with Gasteiger partial charge in [-0.3, -0.25) is 9.59 Å². The summed E-state index contributed by atoms with van der Waals surface area (Å²) in [5.41, 5.74) is 1.13. The predicted molar refractivity (Wildman–Crippen MR) is 106 cm³/mol. The quantitative estimate of drug-likeness (QED) is 0.240. The van der Waals surface area contributed by atoms with Crippen molar-refractivity contribution < 1.29 is 19.1 Å². The molecule has 6 nitrogen and oxygen atoms in total. The number of rotatable bonds is 5. The van der Waals surface area contributed by atoms with E-state index in [0.29, 0.717) is 17.0 Å². The zero-order chi connectivity index (χ0) is 19.1. The smallest absolute Gasteiger partial charge is 0.308 e. The van der Waals surface area contributed by atoms with Gasteiger partial charge in [-0.05, 0) is 58.5 Å². The molecule has 2 aromatic rings. The van der Waals surface area contributed by atoms with Crippen LogP contribution >= 0.6 is 22.6 Å². The number of ether oxygens (including phenoxy) is 2. The van der Waals surface area contributed by atoms with E-state index < -0.39 is 11.9 Å². The third-order valence-corrected chi connectivity index (χ3v) is 4.18. The van der Waals surface area contributed by atoms with Gasteiger partial charge in [0.15, 0.2) is 11.5 Å². The van der Waals surface area contributed by atoms with Crippen LogP contribution in [0, 0.1) is 14.9 Å². The highest BCUT2D eigenvalue weighted by Crippen LogP contribution is 2.29. The van der Waals surface area contributed by atoms with Gasteiger partial charge in [-0.15, -0.1) is 0 Å². The minimum absolute atomic E-state index is 0.0630. The van der Waals surface area contributed by atoms with E-state index in [-0.39, 0.29) is 11.3 Å². The zero-order valence-electron chi connectivity index (χ0n) is 14.1. The molecule has 0 aliphatic rings. The van der Waals surface area contributed by atoms with Crippen molar-refractivity contribution >= 4 is 46.2 Å². The molecule has 0 saturated carbocycles. The van der Waals surface area contributed by atoms with E-state index in [1.165, 1.54) is 20.1 Å². The Labute approximate surface area is 164 Å². The molecule has 1 N–H and O–H groups in total. The number of hydrogen-bond acceptors (Lipinski definition) is 5. The van der Waals surface area contributed by atoms with Crippen LogP contribution in [0.3, 0.4) is 0 Å². The van der Waals surface area contributed by atoms with Crippen LogP contribution in [-0.2, 0) is 9.59 Å². The maximum Gasteiger partial charge on any atom is 0.308 e. The lowest BCUT2D eigenvalue weighted by molar-refractivity contribution is -0.132. The van der Waals surface area contributed by atoms with E-state index in [0.717, 1.165) is 3.57 Å². The summed E-state index contributed by atoms with van der Waals surface area (Å²) in [6.07, 6.45) is 1.44. The normalized spacial score (nSPS) is 10.6. The molecular weight excluding hydrogens is 447 g/mol. The van der Waals surface area contributed by atoms with Crippen molar-refractivity contribution in [3.8, 4) is 17.6 Å². The summed E-state index contributed by atoms with van der Waals surface area (Å²) in [4.78, 5) is 23.5. The van der Waals surface area contributed by atoms with Gasteiger partial charge in [0.2, 0.25) is 0 Å². The summed E-state index contributed by atoms with van der Waals surface area (Å²) in [7, 11) is 1.44. The number of halogens is 1. The maximum absolute atomic E-state index is 12.4. The molecular formula is C19H15IN2O4. The first-order chi connectivity index (χ1) is 12.4. The molecule has 0 bridgehead atoms. The number of benzene rings is 2. The minimum Gasteiger partial charge on any atom is -0.493 e. The second kappa shape index (κ2) is 9.01. The van der Waals surface area contributed by atoms with Gasteiger partial charge in [-0.2, -0.15) is 5.26 Å². The van der Waals surface area contributed by atoms with Crippen LogP contribution in [0.4, 0.5) is 5.69 Å². The summed E-state index contributed by atoms with van der Waals surface area (Å²) < 4.78 is 11.1. The van der Waals surface area contributed by atoms with Gasteiger partial charge in [0.05, 0.1) is 12.8 Å². The van der Waals surface area contributed by atoms with E-state index in [1.807, 2.05) is 18.2 Å². The first kappa shape index (κ1) is 19.5. The van der Waals surface area contributed by atoms with Crippen LogP contribution < -0.4 is 14.8 Å². The molecule has 0 atom stereocenters. The lowest BCUT2D eigenvalue weighted by Gasteiger charge is -2.09. The Morgan fingerprint density at radius 2 is 1.92 bits per heavy atom. The molecule has 0 aliphatic carbocycles. The van der Waals surface area contributed by atoms with Crippen molar-refractivity contribution in [2.75, 3.05) is 12.4 Å². The molecule has 0 fully saturated rings. The summed E-state index contributed by atoms with van der Waals surface area (Å²) in [6.45, 7) is 1.29. The number of carbonyl (C=O) groups is 2. The number of nitrogens with one attached hydrogen (secondary N) is 1. The number of hydrogen-bond donors (Lipinski definition) is 1. The van der Waals surface area contributed by atoms with Crippen LogP contribution in [0.5, 0.6) is 11.5 Å². The highest BCUT2D eigenvalue weighted by Gasteiger charge is 2.13. The van der Waals surface area contributed by atoms with Gasteiger partial charge >= 0.3 is 5.97 Å². The summed E-state index contributed by atoms with van der Waals surface area (Å²) in [5.74, 6) is -0.399. The number of esters is 1. The summed E-state index contributed by atoms with van der Waals surface area (Å²) >= 11 is 2.10. The third kappa shape index (κ3) is 5.07. The van der Waals surface area contributed by atoms with Crippen molar-refractivity contribution in [3.63, 3.8) is 0 Å². The third-order valence-electron chi connectivity index (χ3n) is 3.24. The Balaban J connectivity index is 2.28. The standard InChI is InChI=1S/C19H15IN2O4/c1-12(23)26-17-8-7-13(10-18(17)25-2)9-14(11-21)19(24)22-16-6-4-3-5-15(16)20/h3-10H,1-2H3,(H,22,24)/b14-9-. The van der Waals surface area contributed by atoms with Crippen molar-refractivity contribution in [2.45, 2.75) is 6.92 Å². The van der Waals surface area contributed by atoms with Gasteiger partial charge in [0, 0.05) is 10.5 Å². The predicted octanol–water partition coefficient (Wildman–Crippen LogP) is 3.77. The van der Waals surface area contributed by atoms with Gasteiger partial charge in [-0.1, -0.05) is 18.2 Å². The lowest BCUT2D eigenvalue weighted by Crippen LogP contribution is -2.14. The molecule has 7 heteroatoms. The Bertz CT molecular complexity index is 916. The number of amides is 1. The van der Waals surface area contributed by atoms with Gasteiger partial charge in [0.1, 0.15) is 11.6 Å². The first-order valence-corrected chi connectivity index (χ1v) is 8.56. The van der Waals surface area contributed by atoms with Gasteiger partial charge < -0.3 is 14.8 Å². The second-order valence-corrected chi connectivity index (χ2v) is 6.27. The number of carbonyl (C=O) groups excluding carboxylic acids is 2. The topological polar surface area (TPSA) is 88.4 Å². The molecule has 0 radical (unpaired) electrons. The molecule has 2 rings (SSSR count). The fraction of sp³-hybridized carbons (Fsp3) is 0.105. The molecule has 26 heavy (non-hydrogen) atoms. The number of anilines is 1. The first-order valence-electron chi connectivity index (χ1n) is 7.48. The number of nitriles is 1.